The zero-order valence-electron chi connectivity index (χ0n) is 8.34. The predicted octanol–water partition coefficient (Wildman–Crippen LogP) is 3.21. The molecular formula is C9H20OSSi. The van der Waals surface area contributed by atoms with Crippen LogP contribution in [0.3, 0.4) is 0 Å². The van der Waals surface area contributed by atoms with Crippen LogP contribution in [0.1, 0.15) is 33.6 Å². The van der Waals surface area contributed by atoms with Gasteiger partial charge in [-0.15, -0.1) is 0 Å². The molecule has 1 aliphatic rings. The van der Waals surface area contributed by atoms with Crippen LogP contribution in [-0.4, -0.2) is 13.6 Å². The molecule has 0 spiro atoms. The first-order valence-corrected chi connectivity index (χ1v) is 8.53. The molecule has 0 aromatic heterocycles. The Morgan fingerprint density at radius 2 is 2.25 bits per heavy atom. The molecule has 0 radical (unpaired) electrons. The van der Waals surface area contributed by atoms with Crippen molar-refractivity contribution in [3.05, 3.63) is 0 Å². The van der Waals surface area contributed by atoms with E-state index in [0.29, 0.717) is 6.10 Å². The Balaban J connectivity index is 2.45. The summed E-state index contributed by atoms with van der Waals surface area (Å²) in [5.41, 5.74) is 0. The molecule has 0 aromatic carbocycles. The maximum atomic E-state index is 5.99. The summed E-state index contributed by atoms with van der Waals surface area (Å²) >= 11 is 4.77. The van der Waals surface area contributed by atoms with Crippen LogP contribution >= 0.6 is 12.1 Å². The molecule has 1 fully saturated rings. The van der Waals surface area contributed by atoms with Crippen molar-refractivity contribution in [2.45, 2.75) is 51.8 Å². The number of thiol groups is 1. The summed E-state index contributed by atoms with van der Waals surface area (Å²) in [6, 6.07) is 2.46. The van der Waals surface area contributed by atoms with E-state index in [-0.39, 0.29) is 0 Å². The normalized spacial score (nSPS) is 37.2. The topological polar surface area (TPSA) is 9.23 Å². The summed E-state index contributed by atoms with van der Waals surface area (Å²) in [6.07, 6.45) is 3.01. The van der Waals surface area contributed by atoms with Gasteiger partial charge < -0.3 is 4.43 Å². The Bertz CT molecular complexity index is 147. The Kier molecular flexibility index (Phi) is 3.68. The van der Waals surface area contributed by atoms with Crippen molar-refractivity contribution in [3.8, 4) is 0 Å². The summed E-state index contributed by atoms with van der Waals surface area (Å²) in [5, 5.41) is 0. The molecule has 1 nitrogen and oxygen atoms in total. The molecule has 1 heterocycles. The molecular weight excluding hydrogens is 184 g/mol. The first-order valence-electron chi connectivity index (χ1n) is 4.92. The fourth-order valence-electron chi connectivity index (χ4n) is 1.95. The highest BCUT2D eigenvalue weighted by Gasteiger charge is 2.36. The van der Waals surface area contributed by atoms with E-state index in [1.807, 2.05) is 0 Å². The van der Waals surface area contributed by atoms with E-state index in [1.165, 1.54) is 24.9 Å². The highest BCUT2D eigenvalue weighted by Crippen LogP contribution is 2.34. The quantitative estimate of drug-likeness (QED) is 0.537. The average molecular weight is 204 g/mol. The number of hydrogen-bond acceptors (Lipinski definition) is 2. The van der Waals surface area contributed by atoms with Crippen molar-refractivity contribution in [2.75, 3.05) is 0 Å². The van der Waals surface area contributed by atoms with Crippen molar-refractivity contribution in [1.29, 1.82) is 0 Å². The molecule has 0 N–H and O–H groups in total. The van der Waals surface area contributed by atoms with Gasteiger partial charge in [-0.05, 0) is 31.4 Å². The van der Waals surface area contributed by atoms with Gasteiger partial charge in [0.25, 0.3) is 7.47 Å². The molecule has 1 saturated heterocycles. The molecule has 0 aromatic rings. The zero-order valence-corrected chi connectivity index (χ0v) is 10.2. The smallest absolute Gasteiger partial charge is 0.251 e. The van der Waals surface area contributed by atoms with Gasteiger partial charge in [0.2, 0.25) is 0 Å². The average Bonchev–Trinajstić information content (AvgIpc) is 1.82. The molecule has 12 heavy (non-hydrogen) atoms. The van der Waals surface area contributed by atoms with E-state index in [1.54, 1.807) is 0 Å². The molecule has 0 saturated carbocycles. The lowest BCUT2D eigenvalue weighted by atomic mass is 10.2. The molecule has 1 rings (SSSR count). The molecule has 2 atom stereocenters. The lowest BCUT2D eigenvalue weighted by molar-refractivity contribution is 0.183. The second kappa shape index (κ2) is 4.16. The van der Waals surface area contributed by atoms with E-state index in [2.05, 4.69) is 20.8 Å². The van der Waals surface area contributed by atoms with Gasteiger partial charge in [-0.1, -0.05) is 20.3 Å². The molecule has 72 valence electrons. The minimum Gasteiger partial charge on any atom is -0.404 e. The molecule has 2 unspecified atom stereocenters. The van der Waals surface area contributed by atoms with Crippen molar-refractivity contribution in [2.24, 2.45) is 5.92 Å². The van der Waals surface area contributed by atoms with Crippen LogP contribution in [0.15, 0.2) is 0 Å². The van der Waals surface area contributed by atoms with E-state index < -0.39 is 7.47 Å². The minimum atomic E-state index is -1.57. The fraction of sp³-hybridized carbons (Fsp3) is 1.00. The van der Waals surface area contributed by atoms with Gasteiger partial charge in [-0.3, -0.25) is 0 Å². The van der Waals surface area contributed by atoms with E-state index >= 15 is 0 Å². The Morgan fingerprint density at radius 3 is 2.75 bits per heavy atom. The monoisotopic (exact) mass is 204 g/mol. The maximum absolute atomic E-state index is 5.99. The van der Waals surface area contributed by atoms with Crippen LogP contribution in [0.2, 0.25) is 12.1 Å². The van der Waals surface area contributed by atoms with Crippen LogP contribution in [0.4, 0.5) is 0 Å². The van der Waals surface area contributed by atoms with Crippen LogP contribution in [0.5, 0.6) is 0 Å². The summed E-state index contributed by atoms with van der Waals surface area (Å²) < 4.78 is 5.99. The SMILES string of the molecule is CC(C)C[Si]1(S)CCCC(C)O1. The molecule has 0 amide bonds. The first-order chi connectivity index (χ1) is 5.52. The third-order valence-corrected chi connectivity index (χ3v) is 7.29. The van der Waals surface area contributed by atoms with E-state index in [0.717, 1.165) is 5.92 Å². The van der Waals surface area contributed by atoms with Gasteiger partial charge in [0.15, 0.2) is 0 Å². The lowest BCUT2D eigenvalue weighted by Gasteiger charge is -2.35. The highest BCUT2D eigenvalue weighted by molar-refractivity contribution is 8.13. The first kappa shape index (κ1) is 10.6. The second-order valence-electron chi connectivity index (χ2n) is 4.36. The second-order valence-corrected chi connectivity index (χ2v) is 9.85. The van der Waals surface area contributed by atoms with Crippen LogP contribution in [0.25, 0.3) is 0 Å². The largest absolute Gasteiger partial charge is 0.404 e. The maximum Gasteiger partial charge on any atom is 0.251 e. The van der Waals surface area contributed by atoms with Gasteiger partial charge in [0.05, 0.1) is 0 Å². The van der Waals surface area contributed by atoms with Crippen molar-refractivity contribution in [3.63, 3.8) is 0 Å². The van der Waals surface area contributed by atoms with Crippen LogP contribution in [-0.2, 0) is 4.43 Å². The number of rotatable bonds is 2. The molecule has 3 heteroatoms. The lowest BCUT2D eigenvalue weighted by Crippen LogP contribution is -2.40. The Morgan fingerprint density at radius 1 is 1.58 bits per heavy atom. The number of hydrogen-bond donors (Lipinski definition) is 1. The Labute approximate surface area is 82.1 Å². The predicted molar refractivity (Wildman–Crippen MR) is 59.0 cm³/mol. The summed E-state index contributed by atoms with van der Waals surface area (Å²) in [6.45, 7) is 6.69. The van der Waals surface area contributed by atoms with Gasteiger partial charge in [-0.2, -0.15) is 12.1 Å². The molecule has 1 aliphatic heterocycles. The van der Waals surface area contributed by atoms with Crippen molar-refractivity contribution >= 4 is 19.5 Å². The van der Waals surface area contributed by atoms with Crippen LogP contribution in [0, 0.1) is 5.92 Å². The van der Waals surface area contributed by atoms with Crippen molar-refractivity contribution in [1.82, 2.24) is 0 Å². The zero-order chi connectivity index (χ0) is 9.19. The molecule has 0 aliphatic carbocycles. The highest BCUT2D eigenvalue weighted by atomic mass is 32.3. The van der Waals surface area contributed by atoms with E-state index in [4.69, 9.17) is 16.5 Å². The summed E-state index contributed by atoms with van der Waals surface area (Å²) in [7, 11) is -1.57. The van der Waals surface area contributed by atoms with Gasteiger partial charge >= 0.3 is 0 Å². The van der Waals surface area contributed by atoms with Crippen molar-refractivity contribution < 1.29 is 4.43 Å². The van der Waals surface area contributed by atoms with E-state index in [9.17, 15) is 0 Å². The van der Waals surface area contributed by atoms with Crippen LogP contribution < -0.4 is 0 Å². The summed E-state index contributed by atoms with van der Waals surface area (Å²) in [5.74, 6) is 0.736. The fourth-order valence-corrected chi connectivity index (χ4v) is 7.37. The Hall–Kier alpha value is 0.527. The van der Waals surface area contributed by atoms with Gasteiger partial charge in [-0.25, -0.2) is 0 Å². The third-order valence-electron chi connectivity index (χ3n) is 2.33. The van der Waals surface area contributed by atoms with Gasteiger partial charge in [0, 0.05) is 6.10 Å². The minimum absolute atomic E-state index is 0.460. The summed E-state index contributed by atoms with van der Waals surface area (Å²) in [4.78, 5) is 0. The molecule has 0 bridgehead atoms. The van der Waals surface area contributed by atoms with Gasteiger partial charge in [0.1, 0.15) is 0 Å². The standard InChI is InChI=1S/C9H20OSSi/c1-8(2)7-12(11)6-4-5-9(3)10-12/h8-9,11H,4-7H2,1-3H3. The third kappa shape index (κ3) is 3.11.